The first-order chi connectivity index (χ1) is 13.1. The highest BCUT2D eigenvalue weighted by Gasteiger charge is 2.30. The lowest BCUT2D eigenvalue weighted by Crippen LogP contribution is -2.38. The summed E-state index contributed by atoms with van der Waals surface area (Å²) in [7, 11) is 2.02. The zero-order chi connectivity index (χ0) is 18.8. The highest BCUT2D eigenvalue weighted by Crippen LogP contribution is 2.34. The van der Waals surface area contributed by atoms with Gasteiger partial charge in [0.15, 0.2) is 5.78 Å². The highest BCUT2D eigenvalue weighted by molar-refractivity contribution is 6.10. The predicted molar refractivity (Wildman–Crippen MR) is 104 cm³/mol. The fraction of sp³-hybridized carbons (Fsp3) is 0.409. The summed E-state index contributed by atoms with van der Waals surface area (Å²) in [5, 5.41) is 0. The molecule has 27 heavy (non-hydrogen) atoms. The van der Waals surface area contributed by atoms with E-state index >= 15 is 0 Å². The number of aryl methyl sites for hydroxylation is 1. The van der Waals surface area contributed by atoms with Crippen molar-refractivity contribution in [1.29, 1.82) is 0 Å². The Hall–Kier alpha value is -2.69. The number of likely N-dealkylation sites (tertiary alicyclic amines) is 1. The summed E-state index contributed by atoms with van der Waals surface area (Å²) in [6.07, 6.45) is 7.15. The number of carbonyl (C=O) groups excluding carboxylic acids is 2. The Morgan fingerprint density at radius 2 is 1.89 bits per heavy atom. The molecule has 1 saturated heterocycles. The van der Waals surface area contributed by atoms with Gasteiger partial charge in [-0.1, -0.05) is 30.3 Å². The van der Waals surface area contributed by atoms with E-state index in [2.05, 4.69) is 9.55 Å². The molecule has 0 bridgehead atoms. The third-order valence-corrected chi connectivity index (χ3v) is 5.82. The average Bonchev–Trinajstić information content (AvgIpc) is 3.28. The molecule has 0 spiro atoms. The smallest absolute Gasteiger partial charge is 0.227 e. The van der Waals surface area contributed by atoms with Gasteiger partial charge in [0, 0.05) is 50.4 Å². The van der Waals surface area contributed by atoms with Gasteiger partial charge in [0.1, 0.15) is 5.82 Å². The van der Waals surface area contributed by atoms with Crippen LogP contribution in [0.5, 0.6) is 0 Å². The fourth-order valence-electron chi connectivity index (χ4n) is 4.29. The van der Waals surface area contributed by atoms with Gasteiger partial charge in [-0.15, -0.1) is 0 Å². The Labute approximate surface area is 159 Å². The van der Waals surface area contributed by atoms with Gasteiger partial charge in [0.05, 0.1) is 6.42 Å². The van der Waals surface area contributed by atoms with Crippen LogP contribution >= 0.6 is 0 Å². The van der Waals surface area contributed by atoms with Gasteiger partial charge >= 0.3 is 0 Å². The van der Waals surface area contributed by atoms with E-state index in [1.165, 1.54) is 0 Å². The van der Waals surface area contributed by atoms with Gasteiger partial charge in [0.2, 0.25) is 5.91 Å². The van der Waals surface area contributed by atoms with E-state index < -0.39 is 0 Å². The number of benzene rings is 1. The van der Waals surface area contributed by atoms with Crippen LogP contribution in [0.4, 0.5) is 0 Å². The SMILES string of the molecule is Cn1ccnc1C1CCN(C(=O)CC2=C(c3ccccc3)CCC2=O)CC1. The summed E-state index contributed by atoms with van der Waals surface area (Å²) in [5.74, 6) is 1.71. The molecule has 4 rings (SSSR count). The number of carbonyl (C=O) groups is 2. The average molecular weight is 363 g/mol. The summed E-state index contributed by atoms with van der Waals surface area (Å²) in [6.45, 7) is 1.47. The number of ketones is 1. The third-order valence-electron chi connectivity index (χ3n) is 5.82. The van der Waals surface area contributed by atoms with Crippen molar-refractivity contribution in [2.75, 3.05) is 13.1 Å². The number of hydrogen-bond acceptors (Lipinski definition) is 3. The van der Waals surface area contributed by atoms with E-state index in [-0.39, 0.29) is 18.1 Å². The van der Waals surface area contributed by atoms with Crippen LogP contribution < -0.4 is 0 Å². The van der Waals surface area contributed by atoms with Gasteiger partial charge in [0.25, 0.3) is 0 Å². The molecule has 0 radical (unpaired) electrons. The van der Waals surface area contributed by atoms with Gasteiger partial charge in [-0.05, 0) is 30.4 Å². The standard InChI is InChI=1S/C22H25N3O2/c1-24-14-11-23-22(24)17-9-12-25(13-10-17)21(27)15-19-18(7-8-20(19)26)16-5-3-2-4-6-16/h2-6,11,14,17H,7-10,12-13,15H2,1H3. The minimum Gasteiger partial charge on any atom is -0.342 e. The minimum absolute atomic E-state index is 0.0759. The molecule has 1 fully saturated rings. The molecule has 140 valence electrons. The van der Waals surface area contributed by atoms with Crippen molar-refractivity contribution in [3.63, 3.8) is 0 Å². The van der Waals surface area contributed by atoms with Crippen LogP contribution in [-0.2, 0) is 16.6 Å². The molecule has 5 heteroatoms. The van der Waals surface area contributed by atoms with Gasteiger partial charge in [-0.2, -0.15) is 0 Å². The second kappa shape index (κ2) is 7.51. The van der Waals surface area contributed by atoms with Crippen LogP contribution in [0.2, 0.25) is 0 Å². The first kappa shape index (κ1) is 17.7. The van der Waals surface area contributed by atoms with E-state index in [4.69, 9.17) is 0 Å². The van der Waals surface area contributed by atoms with Crippen LogP contribution in [-0.4, -0.2) is 39.2 Å². The summed E-state index contributed by atoms with van der Waals surface area (Å²) in [6, 6.07) is 9.98. The normalized spacial score (nSPS) is 18.4. The van der Waals surface area contributed by atoms with E-state index in [9.17, 15) is 9.59 Å². The van der Waals surface area contributed by atoms with Crippen LogP contribution in [0, 0.1) is 0 Å². The van der Waals surface area contributed by atoms with Crippen molar-refractivity contribution >= 4 is 17.3 Å². The second-order valence-corrected chi connectivity index (χ2v) is 7.47. The number of Topliss-reactive ketones (excluding diaryl/α,β-unsaturated/α-hetero) is 1. The summed E-state index contributed by atoms with van der Waals surface area (Å²) in [5.41, 5.74) is 2.84. The number of allylic oxidation sites excluding steroid dienone is 1. The number of nitrogens with zero attached hydrogens (tertiary/aromatic N) is 3. The fourth-order valence-corrected chi connectivity index (χ4v) is 4.29. The molecule has 2 heterocycles. The van der Waals surface area contributed by atoms with Gasteiger partial charge in [-0.25, -0.2) is 4.98 Å². The van der Waals surface area contributed by atoms with Crippen molar-refractivity contribution in [1.82, 2.24) is 14.5 Å². The molecule has 2 aromatic rings. The Balaban J connectivity index is 1.43. The molecule has 5 nitrogen and oxygen atoms in total. The Morgan fingerprint density at radius 3 is 2.56 bits per heavy atom. The number of hydrogen-bond donors (Lipinski definition) is 0. The van der Waals surface area contributed by atoms with E-state index in [0.717, 1.165) is 54.9 Å². The second-order valence-electron chi connectivity index (χ2n) is 7.47. The van der Waals surface area contributed by atoms with Crippen LogP contribution in [0.1, 0.15) is 49.4 Å². The van der Waals surface area contributed by atoms with Gasteiger partial charge < -0.3 is 9.47 Å². The molecule has 1 aliphatic heterocycles. The summed E-state index contributed by atoms with van der Waals surface area (Å²) in [4.78, 5) is 31.6. The Morgan fingerprint density at radius 1 is 1.15 bits per heavy atom. The van der Waals surface area contributed by atoms with E-state index in [0.29, 0.717) is 12.3 Å². The zero-order valence-electron chi connectivity index (χ0n) is 15.7. The molecule has 1 aromatic heterocycles. The minimum atomic E-state index is 0.0759. The quantitative estimate of drug-likeness (QED) is 0.837. The molecule has 0 atom stereocenters. The maximum absolute atomic E-state index is 12.9. The predicted octanol–water partition coefficient (Wildman–Crippen LogP) is 3.33. The Kier molecular flexibility index (Phi) is 4.92. The highest BCUT2D eigenvalue weighted by atomic mass is 16.2. The van der Waals surface area contributed by atoms with Crippen molar-refractivity contribution < 1.29 is 9.59 Å². The zero-order valence-corrected chi connectivity index (χ0v) is 15.7. The van der Waals surface area contributed by atoms with Crippen molar-refractivity contribution in [2.45, 2.75) is 38.0 Å². The topological polar surface area (TPSA) is 55.2 Å². The first-order valence-corrected chi connectivity index (χ1v) is 9.69. The summed E-state index contributed by atoms with van der Waals surface area (Å²) >= 11 is 0. The molecule has 1 aliphatic carbocycles. The maximum Gasteiger partial charge on any atom is 0.227 e. The first-order valence-electron chi connectivity index (χ1n) is 9.69. The third kappa shape index (κ3) is 3.59. The summed E-state index contributed by atoms with van der Waals surface area (Å²) < 4.78 is 2.07. The van der Waals surface area contributed by atoms with E-state index in [1.807, 2.05) is 54.7 Å². The number of piperidine rings is 1. The largest absolute Gasteiger partial charge is 0.342 e. The van der Waals surface area contributed by atoms with Gasteiger partial charge in [-0.3, -0.25) is 9.59 Å². The Bertz CT molecular complexity index is 874. The number of rotatable bonds is 4. The van der Waals surface area contributed by atoms with Crippen LogP contribution in [0.15, 0.2) is 48.3 Å². The molecular formula is C22H25N3O2. The van der Waals surface area contributed by atoms with E-state index in [1.54, 1.807) is 0 Å². The molecule has 1 aromatic carbocycles. The van der Waals surface area contributed by atoms with Crippen molar-refractivity contribution in [3.05, 3.63) is 59.7 Å². The maximum atomic E-state index is 12.9. The van der Waals surface area contributed by atoms with Crippen LogP contribution in [0.3, 0.4) is 0 Å². The molecule has 0 N–H and O–H groups in total. The molecule has 0 unspecified atom stereocenters. The lowest BCUT2D eigenvalue weighted by Gasteiger charge is -2.32. The van der Waals surface area contributed by atoms with Crippen LogP contribution in [0.25, 0.3) is 5.57 Å². The molecule has 2 aliphatic rings. The lowest BCUT2D eigenvalue weighted by atomic mass is 9.95. The monoisotopic (exact) mass is 363 g/mol. The number of aromatic nitrogens is 2. The number of imidazole rings is 1. The number of amides is 1. The van der Waals surface area contributed by atoms with Crippen molar-refractivity contribution in [2.24, 2.45) is 7.05 Å². The lowest BCUT2D eigenvalue weighted by molar-refractivity contribution is -0.132. The molecular weight excluding hydrogens is 338 g/mol. The van der Waals surface area contributed by atoms with Crippen molar-refractivity contribution in [3.8, 4) is 0 Å². The molecule has 0 saturated carbocycles. The molecule has 1 amide bonds.